The number of aliphatic hydroxyl groups excluding tert-OH is 1. The van der Waals surface area contributed by atoms with Crippen LogP contribution in [0.25, 0.3) is 0 Å². The van der Waals surface area contributed by atoms with E-state index in [9.17, 15) is 5.11 Å². The smallest absolute Gasteiger partial charge is 0.0814 e. The third kappa shape index (κ3) is 4.88. The van der Waals surface area contributed by atoms with Gasteiger partial charge in [0.1, 0.15) is 0 Å². The van der Waals surface area contributed by atoms with E-state index >= 15 is 0 Å². The fourth-order valence-electron chi connectivity index (χ4n) is 1.81. The molecule has 0 bridgehead atoms. The molecular weight excluding hydrogens is 212 g/mol. The molecule has 0 spiro atoms. The van der Waals surface area contributed by atoms with Gasteiger partial charge in [0, 0.05) is 6.42 Å². The van der Waals surface area contributed by atoms with E-state index in [2.05, 4.69) is 26.0 Å². The number of benzene rings is 1. The van der Waals surface area contributed by atoms with Gasteiger partial charge in [0.2, 0.25) is 0 Å². The summed E-state index contributed by atoms with van der Waals surface area (Å²) < 4.78 is 5.59. The molecule has 0 radical (unpaired) electrons. The van der Waals surface area contributed by atoms with Crippen molar-refractivity contribution in [2.24, 2.45) is 0 Å². The summed E-state index contributed by atoms with van der Waals surface area (Å²) in [4.78, 5) is 0. The summed E-state index contributed by atoms with van der Waals surface area (Å²) >= 11 is 0. The van der Waals surface area contributed by atoms with Crippen molar-refractivity contribution >= 4 is 0 Å². The molecule has 96 valence electrons. The van der Waals surface area contributed by atoms with Crippen LogP contribution in [0.5, 0.6) is 0 Å². The molecule has 1 aromatic carbocycles. The van der Waals surface area contributed by atoms with Gasteiger partial charge in [0.05, 0.1) is 18.3 Å². The first-order valence-electron chi connectivity index (χ1n) is 6.17. The Morgan fingerprint density at radius 2 is 1.71 bits per heavy atom. The highest BCUT2D eigenvalue weighted by Crippen LogP contribution is 2.16. The summed E-state index contributed by atoms with van der Waals surface area (Å²) in [5.41, 5.74) is 3.51. The second kappa shape index (κ2) is 5.65. The van der Waals surface area contributed by atoms with Crippen LogP contribution in [-0.2, 0) is 11.2 Å². The molecule has 0 aromatic heterocycles. The molecule has 0 heterocycles. The standard InChI is InChI=1S/C15H24O2/c1-11-7-6-8-12(2)14(11)9-13(16)10-17-15(3,4)5/h6-8,13,16H,9-10H2,1-5H3. The molecule has 0 amide bonds. The number of ether oxygens (including phenoxy) is 1. The highest BCUT2D eigenvalue weighted by molar-refractivity contribution is 5.33. The molecule has 0 aliphatic heterocycles. The van der Waals surface area contributed by atoms with Crippen LogP contribution in [0.15, 0.2) is 18.2 Å². The summed E-state index contributed by atoms with van der Waals surface area (Å²) in [5.74, 6) is 0. The van der Waals surface area contributed by atoms with Gasteiger partial charge in [0.15, 0.2) is 0 Å². The highest BCUT2D eigenvalue weighted by atomic mass is 16.5. The van der Waals surface area contributed by atoms with E-state index in [1.807, 2.05) is 26.8 Å². The number of rotatable bonds is 4. The van der Waals surface area contributed by atoms with Crippen molar-refractivity contribution in [3.63, 3.8) is 0 Å². The zero-order valence-corrected chi connectivity index (χ0v) is 11.6. The Morgan fingerprint density at radius 1 is 1.18 bits per heavy atom. The number of aryl methyl sites for hydroxylation is 2. The van der Waals surface area contributed by atoms with Gasteiger partial charge < -0.3 is 9.84 Å². The Morgan fingerprint density at radius 3 is 2.18 bits per heavy atom. The molecule has 17 heavy (non-hydrogen) atoms. The average molecular weight is 236 g/mol. The fourth-order valence-corrected chi connectivity index (χ4v) is 1.81. The number of aliphatic hydroxyl groups is 1. The van der Waals surface area contributed by atoms with Crippen molar-refractivity contribution in [2.45, 2.75) is 52.7 Å². The van der Waals surface area contributed by atoms with E-state index in [-0.39, 0.29) is 5.60 Å². The maximum atomic E-state index is 9.99. The van der Waals surface area contributed by atoms with E-state index in [1.54, 1.807) is 0 Å². The van der Waals surface area contributed by atoms with Crippen molar-refractivity contribution in [3.8, 4) is 0 Å². The Labute approximate surface area is 105 Å². The second-order valence-electron chi connectivity index (χ2n) is 5.65. The van der Waals surface area contributed by atoms with Crippen molar-refractivity contribution in [3.05, 3.63) is 34.9 Å². The van der Waals surface area contributed by atoms with Gasteiger partial charge in [-0.2, -0.15) is 0 Å². The molecule has 0 saturated carbocycles. The summed E-state index contributed by atoms with van der Waals surface area (Å²) in [7, 11) is 0. The molecule has 2 heteroatoms. The van der Waals surface area contributed by atoms with Gasteiger partial charge in [-0.15, -0.1) is 0 Å². The van der Waals surface area contributed by atoms with Gasteiger partial charge in [-0.05, 0) is 51.3 Å². The molecule has 0 fully saturated rings. The molecule has 1 atom stereocenters. The van der Waals surface area contributed by atoms with Crippen molar-refractivity contribution in [1.29, 1.82) is 0 Å². The van der Waals surface area contributed by atoms with E-state index < -0.39 is 6.10 Å². The van der Waals surface area contributed by atoms with Crippen LogP contribution in [0.2, 0.25) is 0 Å². The Hall–Kier alpha value is -0.860. The average Bonchev–Trinajstić information content (AvgIpc) is 2.20. The molecule has 0 saturated heterocycles. The van der Waals surface area contributed by atoms with Crippen molar-refractivity contribution in [2.75, 3.05) is 6.61 Å². The van der Waals surface area contributed by atoms with Gasteiger partial charge >= 0.3 is 0 Å². The zero-order chi connectivity index (χ0) is 13.1. The van der Waals surface area contributed by atoms with E-state index in [0.717, 1.165) is 0 Å². The minimum atomic E-state index is -0.436. The lowest BCUT2D eigenvalue weighted by atomic mass is 9.98. The van der Waals surface area contributed by atoms with Crippen LogP contribution < -0.4 is 0 Å². The monoisotopic (exact) mass is 236 g/mol. The SMILES string of the molecule is Cc1cccc(C)c1CC(O)COC(C)(C)C. The van der Waals surface area contributed by atoms with Gasteiger partial charge in [0.25, 0.3) is 0 Å². The van der Waals surface area contributed by atoms with E-state index in [0.29, 0.717) is 13.0 Å². The number of hydrogen-bond donors (Lipinski definition) is 1. The number of hydrogen-bond acceptors (Lipinski definition) is 2. The first kappa shape index (κ1) is 14.2. The largest absolute Gasteiger partial charge is 0.390 e. The third-order valence-corrected chi connectivity index (χ3v) is 2.79. The Kier molecular flexibility index (Phi) is 4.72. The minimum Gasteiger partial charge on any atom is -0.390 e. The molecule has 1 N–H and O–H groups in total. The predicted molar refractivity (Wildman–Crippen MR) is 71.3 cm³/mol. The van der Waals surface area contributed by atoms with Crippen LogP contribution in [0, 0.1) is 13.8 Å². The second-order valence-corrected chi connectivity index (χ2v) is 5.65. The first-order valence-corrected chi connectivity index (χ1v) is 6.17. The molecular formula is C15H24O2. The van der Waals surface area contributed by atoms with Crippen molar-refractivity contribution in [1.82, 2.24) is 0 Å². The highest BCUT2D eigenvalue weighted by Gasteiger charge is 2.15. The lowest BCUT2D eigenvalue weighted by Gasteiger charge is -2.22. The Bertz CT molecular complexity index is 343. The fraction of sp³-hybridized carbons (Fsp3) is 0.600. The maximum absolute atomic E-state index is 9.99. The van der Waals surface area contributed by atoms with Gasteiger partial charge in [-0.3, -0.25) is 0 Å². The van der Waals surface area contributed by atoms with Crippen LogP contribution in [0.4, 0.5) is 0 Å². The summed E-state index contributed by atoms with van der Waals surface area (Å²) in [6.45, 7) is 10.5. The summed E-state index contributed by atoms with van der Waals surface area (Å²) in [6, 6.07) is 6.21. The quantitative estimate of drug-likeness (QED) is 0.870. The normalized spacial score (nSPS) is 13.8. The molecule has 0 aliphatic carbocycles. The van der Waals surface area contributed by atoms with Crippen LogP contribution in [0.3, 0.4) is 0 Å². The lowest BCUT2D eigenvalue weighted by molar-refractivity contribution is -0.0483. The van der Waals surface area contributed by atoms with Gasteiger partial charge in [-0.25, -0.2) is 0 Å². The lowest BCUT2D eigenvalue weighted by Crippen LogP contribution is -2.27. The molecule has 1 aromatic rings. The summed E-state index contributed by atoms with van der Waals surface area (Å²) in [6.07, 6.45) is 0.225. The molecule has 0 aliphatic rings. The Balaban J connectivity index is 2.59. The predicted octanol–water partition coefficient (Wildman–Crippen LogP) is 3.02. The van der Waals surface area contributed by atoms with Crippen molar-refractivity contribution < 1.29 is 9.84 Å². The molecule has 1 unspecified atom stereocenters. The van der Waals surface area contributed by atoms with E-state index in [1.165, 1.54) is 16.7 Å². The third-order valence-electron chi connectivity index (χ3n) is 2.79. The first-order chi connectivity index (χ1) is 7.79. The topological polar surface area (TPSA) is 29.5 Å². The zero-order valence-electron chi connectivity index (χ0n) is 11.6. The maximum Gasteiger partial charge on any atom is 0.0814 e. The molecule has 1 rings (SSSR count). The minimum absolute atomic E-state index is 0.193. The van der Waals surface area contributed by atoms with Crippen LogP contribution in [-0.4, -0.2) is 23.4 Å². The van der Waals surface area contributed by atoms with E-state index in [4.69, 9.17) is 4.74 Å². The van der Waals surface area contributed by atoms with Gasteiger partial charge in [-0.1, -0.05) is 18.2 Å². The van der Waals surface area contributed by atoms with Crippen LogP contribution in [0.1, 0.15) is 37.5 Å². The van der Waals surface area contributed by atoms with Crippen LogP contribution >= 0.6 is 0 Å². The molecule has 2 nitrogen and oxygen atoms in total. The summed E-state index contributed by atoms with van der Waals surface area (Å²) in [5, 5.41) is 9.99.